The van der Waals surface area contributed by atoms with Gasteiger partial charge in [-0.3, -0.25) is 13.8 Å². The second-order valence-corrected chi connectivity index (χ2v) is 5.67. The maximum atomic E-state index is 11.8. The third-order valence-corrected chi connectivity index (χ3v) is 4.13. The molecule has 1 saturated heterocycles. The van der Waals surface area contributed by atoms with E-state index in [1.807, 2.05) is 0 Å². The van der Waals surface area contributed by atoms with Crippen LogP contribution in [0.4, 0.5) is 0 Å². The molecule has 0 bridgehead atoms. The highest BCUT2D eigenvalue weighted by atomic mass is 32.2. The zero-order chi connectivity index (χ0) is 13.5. The molecule has 1 heterocycles. The summed E-state index contributed by atoms with van der Waals surface area (Å²) in [6, 6.07) is 0. The van der Waals surface area contributed by atoms with Gasteiger partial charge in [-0.1, -0.05) is 6.92 Å². The lowest BCUT2D eigenvalue weighted by Crippen LogP contribution is -2.43. The third kappa shape index (κ3) is 4.73. The number of morpholine rings is 1. The molecule has 0 radical (unpaired) electrons. The molecular weight excluding hydrogens is 258 g/mol. The van der Waals surface area contributed by atoms with E-state index in [1.165, 1.54) is 7.11 Å². The highest BCUT2D eigenvalue weighted by Crippen LogP contribution is 2.03. The highest BCUT2D eigenvalue weighted by Gasteiger charge is 2.22. The van der Waals surface area contributed by atoms with Gasteiger partial charge in [-0.25, -0.2) is 0 Å². The van der Waals surface area contributed by atoms with E-state index in [2.05, 4.69) is 4.74 Å². The number of ether oxygens (including phenoxy) is 2. The Morgan fingerprint density at radius 1 is 1.39 bits per heavy atom. The lowest BCUT2D eigenvalue weighted by molar-refractivity contribution is -0.144. The second-order valence-electron chi connectivity index (χ2n) is 4.17. The maximum absolute atomic E-state index is 11.8. The van der Waals surface area contributed by atoms with Gasteiger partial charge in [0.2, 0.25) is 5.91 Å². The SMILES string of the molecule is COC(=O)C(C)CS(=O)CC(=O)N1CCOCC1. The molecule has 1 aliphatic rings. The van der Waals surface area contributed by atoms with Crippen LogP contribution in [0.5, 0.6) is 0 Å². The molecule has 0 saturated carbocycles. The topological polar surface area (TPSA) is 72.9 Å². The van der Waals surface area contributed by atoms with E-state index in [1.54, 1.807) is 11.8 Å². The molecule has 18 heavy (non-hydrogen) atoms. The fourth-order valence-corrected chi connectivity index (χ4v) is 2.92. The lowest BCUT2D eigenvalue weighted by atomic mass is 10.2. The number of nitrogens with zero attached hydrogens (tertiary/aromatic N) is 1. The Kier molecular flexibility index (Phi) is 6.28. The summed E-state index contributed by atoms with van der Waals surface area (Å²) in [5, 5.41) is 0. The van der Waals surface area contributed by atoms with Crippen molar-refractivity contribution in [2.45, 2.75) is 6.92 Å². The molecule has 2 unspecified atom stereocenters. The van der Waals surface area contributed by atoms with Gasteiger partial charge in [-0.05, 0) is 0 Å². The second kappa shape index (κ2) is 7.48. The fourth-order valence-electron chi connectivity index (χ4n) is 1.65. The molecule has 6 nitrogen and oxygen atoms in total. The van der Waals surface area contributed by atoms with Crippen LogP contribution in [0.25, 0.3) is 0 Å². The number of carbonyl (C=O) groups excluding carboxylic acids is 2. The number of amides is 1. The first-order valence-electron chi connectivity index (χ1n) is 5.83. The van der Waals surface area contributed by atoms with E-state index in [9.17, 15) is 13.8 Å². The van der Waals surface area contributed by atoms with Crippen molar-refractivity contribution in [3.8, 4) is 0 Å². The number of methoxy groups -OCH3 is 1. The first kappa shape index (κ1) is 15.1. The molecule has 0 N–H and O–H groups in total. The summed E-state index contributed by atoms with van der Waals surface area (Å²) in [6.07, 6.45) is 0. The van der Waals surface area contributed by atoms with Crippen LogP contribution in [0.15, 0.2) is 0 Å². The van der Waals surface area contributed by atoms with E-state index < -0.39 is 22.7 Å². The van der Waals surface area contributed by atoms with Gasteiger partial charge in [0.15, 0.2) is 0 Å². The van der Waals surface area contributed by atoms with Crippen molar-refractivity contribution in [3.05, 3.63) is 0 Å². The predicted molar refractivity (Wildman–Crippen MR) is 66.5 cm³/mol. The quantitative estimate of drug-likeness (QED) is 0.628. The molecule has 0 spiro atoms. The van der Waals surface area contributed by atoms with Gasteiger partial charge in [-0.15, -0.1) is 0 Å². The van der Waals surface area contributed by atoms with Gasteiger partial charge in [0.1, 0.15) is 5.75 Å². The minimum atomic E-state index is -1.34. The van der Waals surface area contributed by atoms with E-state index in [0.717, 1.165) is 0 Å². The smallest absolute Gasteiger partial charge is 0.309 e. The Bertz CT molecular complexity index is 327. The van der Waals surface area contributed by atoms with Crippen LogP contribution in [0.3, 0.4) is 0 Å². The first-order valence-corrected chi connectivity index (χ1v) is 7.31. The van der Waals surface area contributed by atoms with E-state index >= 15 is 0 Å². The Morgan fingerprint density at radius 3 is 2.56 bits per heavy atom. The molecule has 0 aromatic heterocycles. The molecule has 1 aliphatic heterocycles. The number of rotatable bonds is 5. The van der Waals surface area contributed by atoms with Crippen molar-refractivity contribution < 1.29 is 23.3 Å². The van der Waals surface area contributed by atoms with E-state index in [0.29, 0.717) is 26.3 Å². The Morgan fingerprint density at radius 2 is 2.00 bits per heavy atom. The van der Waals surface area contributed by atoms with Crippen molar-refractivity contribution >= 4 is 22.7 Å². The summed E-state index contributed by atoms with van der Waals surface area (Å²) in [4.78, 5) is 24.6. The summed E-state index contributed by atoms with van der Waals surface area (Å²) in [7, 11) is -0.0446. The van der Waals surface area contributed by atoms with Crippen LogP contribution >= 0.6 is 0 Å². The van der Waals surface area contributed by atoms with E-state index in [4.69, 9.17) is 4.74 Å². The van der Waals surface area contributed by atoms with Gasteiger partial charge < -0.3 is 14.4 Å². The predicted octanol–water partition coefficient (Wildman–Crippen LogP) is -0.597. The zero-order valence-corrected chi connectivity index (χ0v) is 11.5. The zero-order valence-electron chi connectivity index (χ0n) is 10.7. The summed E-state index contributed by atoms with van der Waals surface area (Å²) >= 11 is 0. The van der Waals surface area contributed by atoms with Crippen molar-refractivity contribution in [1.29, 1.82) is 0 Å². The molecule has 7 heteroatoms. The van der Waals surface area contributed by atoms with Crippen molar-refractivity contribution in [3.63, 3.8) is 0 Å². The first-order chi connectivity index (χ1) is 8.54. The number of hydrogen-bond donors (Lipinski definition) is 0. The van der Waals surface area contributed by atoms with Gasteiger partial charge >= 0.3 is 5.97 Å². The largest absolute Gasteiger partial charge is 0.469 e. The molecule has 1 fully saturated rings. The van der Waals surface area contributed by atoms with Gasteiger partial charge in [-0.2, -0.15) is 0 Å². The normalized spacial score (nSPS) is 19.1. The third-order valence-electron chi connectivity index (χ3n) is 2.69. The molecule has 0 aromatic carbocycles. The number of esters is 1. The molecule has 2 atom stereocenters. The molecule has 104 valence electrons. The van der Waals surface area contributed by atoms with Crippen molar-refractivity contribution in [1.82, 2.24) is 4.90 Å². The monoisotopic (exact) mass is 277 g/mol. The fraction of sp³-hybridized carbons (Fsp3) is 0.818. The number of hydrogen-bond acceptors (Lipinski definition) is 5. The molecule has 1 rings (SSSR count). The molecule has 0 aliphatic carbocycles. The summed E-state index contributed by atoms with van der Waals surface area (Å²) in [5.41, 5.74) is 0. The van der Waals surface area contributed by atoms with Gasteiger partial charge in [0, 0.05) is 29.6 Å². The van der Waals surface area contributed by atoms with E-state index in [-0.39, 0.29) is 17.4 Å². The summed E-state index contributed by atoms with van der Waals surface area (Å²) in [6.45, 7) is 3.78. The number of carbonyl (C=O) groups is 2. The molecular formula is C11H19NO5S. The summed E-state index contributed by atoms with van der Waals surface area (Å²) < 4.78 is 21.4. The average Bonchev–Trinajstić information content (AvgIpc) is 2.38. The van der Waals surface area contributed by atoms with Crippen LogP contribution in [-0.2, 0) is 29.9 Å². The van der Waals surface area contributed by atoms with Crippen LogP contribution in [-0.4, -0.2) is 65.9 Å². The van der Waals surface area contributed by atoms with Gasteiger partial charge in [0.25, 0.3) is 0 Å². The highest BCUT2D eigenvalue weighted by molar-refractivity contribution is 7.85. The van der Waals surface area contributed by atoms with Crippen LogP contribution in [0.1, 0.15) is 6.92 Å². The Hall–Kier alpha value is -0.950. The Labute approximate surface area is 109 Å². The Balaban J connectivity index is 2.34. The summed E-state index contributed by atoms with van der Waals surface area (Å²) in [5.74, 6) is -0.881. The lowest BCUT2D eigenvalue weighted by Gasteiger charge is -2.26. The van der Waals surface area contributed by atoms with Crippen molar-refractivity contribution in [2.24, 2.45) is 5.92 Å². The van der Waals surface area contributed by atoms with Gasteiger partial charge in [0.05, 0.1) is 26.2 Å². The molecule has 0 aromatic rings. The van der Waals surface area contributed by atoms with Crippen molar-refractivity contribution in [2.75, 3.05) is 44.9 Å². The maximum Gasteiger partial charge on any atom is 0.309 e. The molecule has 1 amide bonds. The van der Waals surface area contributed by atoms with Crippen LogP contribution in [0, 0.1) is 5.92 Å². The standard InChI is InChI=1S/C11H19NO5S/c1-9(11(14)16-2)7-18(15)8-10(13)12-3-5-17-6-4-12/h9H,3-8H2,1-2H3. The van der Waals surface area contributed by atoms with Crippen LogP contribution in [0.2, 0.25) is 0 Å². The average molecular weight is 277 g/mol. The minimum absolute atomic E-state index is 0.0403. The minimum Gasteiger partial charge on any atom is -0.469 e. The van der Waals surface area contributed by atoms with Crippen LogP contribution < -0.4 is 0 Å².